The predicted octanol–water partition coefficient (Wildman–Crippen LogP) is 3.32. The lowest BCUT2D eigenvalue weighted by molar-refractivity contribution is -0.140. The number of hydrogen-bond donors (Lipinski definition) is 0. The third-order valence-electron chi connectivity index (χ3n) is 5.51. The van der Waals surface area contributed by atoms with Gasteiger partial charge in [0.2, 0.25) is 5.91 Å². The van der Waals surface area contributed by atoms with Crippen LogP contribution in [0.2, 0.25) is 0 Å². The van der Waals surface area contributed by atoms with Gasteiger partial charge in [-0.25, -0.2) is 4.39 Å². The van der Waals surface area contributed by atoms with E-state index in [1.54, 1.807) is 4.90 Å². The molecule has 8 heteroatoms. The highest BCUT2D eigenvalue weighted by atomic mass is 19.4. The maximum atomic E-state index is 13.4. The molecule has 2 amide bonds. The molecule has 1 aromatic rings. The first-order valence-electron chi connectivity index (χ1n) is 8.53. The number of benzene rings is 1. The van der Waals surface area contributed by atoms with Crippen LogP contribution in [0.15, 0.2) is 18.2 Å². The van der Waals surface area contributed by atoms with Crippen molar-refractivity contribution in [2.45, 2.75) is 32.4 Å². The van der Waals surface area contributed by atoms with Crippen molar-refractivity contribution in [3.05, 3.63) is 35.1 Å². The Morgan fingerprint density at radius 1 is 1.04 bits per heavy atom. The van der Waals surface area contributed by atoms with Crippen LogP contribution in [0.1, 0.15) is 42.1 Å². The summed E-state index contributed by atoms with van der Waals surface area (Å²) in [6.07, 6.45) is -2.54. The van der Waals surface area contributed by atoms with E-state index < -0.39 is 23.5 Å². The van der Waals surface area contributed by atoms with Crippen molar-refractivity contribution in [3.8, 4) is 0 Å². The molecule has 2 aliphatic heterocycles. The Morgan fingerprint density at radius 3 is 2.15 bits per heavy atom. The summed E-state index contributed by atoms with van der Waals surface area (Å²) in [5.41, 5.74) is -1.67. The van der Waals surface area contributed by atoms with Gasteiger partial charge in [0, 0.05) is 38.7 Å². The number of rotatable bonds is 1. The molecule has 4 nitrogen and oxygen atoms in total. The molecule has 1 aromatic carbocycles. The minimum absolute atomic E-state index is 0.0248. The normalized spacial score (nSPS) is 19.9. The minimum Gasteiger partial charge on any atom is -0.343 e. The Hall–Kier alpha value is -2.12. The SMILES string of the molecule is CC(=O)N1CCC2(CC1)CCN(C(=O)c1ccc(F)c(C(F)(F)F)c1)C2. The number of likely N-dealkylation sites (tertiary alicyclic amines) is 2. The summed E-state index contributed by atoms with van der Waals surface area (Å²) < 4.78 is 52.0. The maximum Gasteiger partial charge on any atom is 0.419 e. The lowest BCUT2D eigenvalue weighted by Gasteiger charge is -2.38. The van der Waals surface area contributed by atoms with E-state index in [0.29, 0.717) is 38.3 Å². The number of carbonyl (C=O) groups is 2. The van der Waals surface area contributed by atoms with Crippen LogP contribution < -0.4 is 0 Å². The minimum atomic E-state index is -4.84. The summed E-state index contributed by atoms with van der Waals surface area (Å²) >= 11 is 0. The standard InChI is InChI=1S/C18H20F4N2O2/c1-12(25)23-7-4-17(5-8-23)6-9-24(11-17)16(26)13-2-3-15(19)14(10-13)18(20,21)22/h2-3,10H,4-9,11H2,1H3. The van der Waals surface area contributed by atoms with E-state index in [4.69, 9.17) is 0 Å². The van der Waals surface area contributed by atoms with Gasteiger partial charge in [-0.2, -0.15) is 13.2 Å². The Balaban J connectivity index is 1.72. The van der Waals surface area contributed by atoms with Crippen LogP contribution in [-0.2, 0) is 11.0 Å². The van der Waals surface area contributed by atoms with Crippen molar-refractivity contribution in [2.75, 3.05) is 26.2 Å². The van der Waals surface area contributed by atoms with E-state index in [1.807, 2.05) is 0 Å². The second kappa shape index (κ2) is 6.55. The fourth-order valence-corrected chi connectivity index (χ4v) is 3.87. The van der Waals surface area contributed by atoms with Gasteiger partial charge in [0.15, 0.2) is 0 Å². The number of piperidine rings is 1. The molecule has 2 heterocycles. The Labute approximate surface area is 148 Å². The second-order valence-corrected chi connectivity index (χ2v) is 7.18. The van der Waals surface area contributed by atoms with Gasteiger partial charge in [-0.05, 0) is 42.9 Å². The first-order chi connectivity index (χ1) is 12.1. The van der Waals surface area contributed by atoms with Crippen molar-refractivity contribution < 1.29 is 27.2 Å². The summed E-state index contributed by atoms with van der Waals surface area (Å²) in [6.45, 7) is 3.70. The van der Waals surface area contributed by atoms with Gasteiger partial charge < -0.3 is 9.80 Å². The van der Waals surface area contributed by atoms with Crippen molar-refractivity contribution in [1.82, 2.24) is 9.80 Å². The number of nitrogens with zero attached hydrogens (tertiary/aromatic N) is 2. The van der Waals surface area contributed by atoms with E-state index in [9.17, 15) is 27.2 Å². The van der Waals surface area contributed by atoms with Gasteiger partial charge in [0.25, 0.3) is 5.91 Å². The van der Waals surface area contributed by atoms with Gasteiger partial charge in [0.1, 0.15) is 5.82 Å². The van der Waals surface area contributed by atoms with Gasteiger partial charge in [0.05, 0.1) is 5.56 Å². The summed E-state index contributed by atoms with van der Waals surface area (Å²) in [7, 11) is 0. The van der Waals surface area contributed by atoms with Gasteiger partial charge in [-0.1, -0.05) is 0 Å². The zero-order valence-electron chi connectivity index (χ0n) is 14.4. The van der Waals surface area contributed by atoms with Crippen LogP contribution in [0.5, 0.6) is 0 Å². The van der Waals surface area contributed by atoms with Crippen LogP contribution in [0.25, 0.3) is 0 Å². The second-order valence-electron chi connectivity index (χ2n) is 7.18. The monoisotopic (exact) mass is 372 g/mol. The average Bonchev–Trinajstić information content (AvgIpc) is 2.97. The zero-order valence-corrected chi connectivity index (χ0v) is 14.4. The molecule has 0 unspecified atom stereocenters. The molecule has 26 heavy (non-hydrogen) atoms. The number of amides is 2. The topological polar surface area (TPSA) is 40.6 Å². The molecule has 0 N–H and O–H groups in total. The average molecular weight is 372 g/mol. The van der Waals surface area contributed by atoms with E-state index in [2.05, 4.69) is 0 Å². The smallest absolute Gasteiger partial charge is 0.343 e. The van der Waals surface area contributed by atoms with Gasteiger partial charge in [-0.15, -0.1) is 0 Å². The van der Waals surface area contributed by atoms with Crippen LogP contribution in [0.4, 0.5) is 17.6 Å². The molecule has 0 aliphatic carbocycles. The first kappa shape index (κ1) is 18.7. The van der Waals surface area contributed by atoms with Gasteiger partial charge in [-0.3, -0.25) is 9.59 Å². The molecule has 0 atom stereocenters. The largest absolute Gasteiger partial charge is 0.419 e. The molecule has 2 fully saturated rings. The fraction of sp³-hybridized carbons (Fsp3) is 0.556. The van der Waals surface area contributed by atoms with Crippen LogP contribution >= 0.6 is 0 Å². The third-order valence-corrected chi connectivity index (χ3v) is 5.51. The van der Waals surface area contributed by atoms with Gasteiger partial charge >= 0.3 is 6.18 Å². The molecular weight excluding hydrogens is 352 g/mol. The van der Waals surface area contributed by atoms with Crippen molar-refractivity contribution >= 4 is 11.8 Å². The number of carbonyl (C=O) groups excluding carboxylic acids is 2. The number of halogens is 4. The Morgan fingerprint density at radius 2 is 1.62 bits per heavy atom. The highest BCUT2D eigenvalue weighted by molar-refractivity contribution is 5.94. The fourth-order valence-electron chi connectivity index (χ4n) is 3.87. The summed E-state index contributed by atoms with van der Waals surface area (Å²) in [5.74, 6) is -1.87. The quantitative estimate of drug-likeness (QED) is 0.710. The first-order valence-corrected chi connectivity index (χ1v) is 8.53. The molecule has 0 bridgehead atoms. The van der Waals surface area contributed by atoms with E-state index in [1.165, 1.54) is 11.8 Å². The third kappa shape index (κ3) is 3.54. The van der Waals surface area contributed by atoms with Crippen molar-refractivity contribution in [3.63, 3.8) is 0 Å². The molecule has 0 saturated carbocycles. The molecule has 0 radical (unpaired) electrons. The van der Waals surface area contributed by atoms with Crippen molar-refractivity contribution in [1.29, 1.82) is 0 Å². The summed E-state index contributed by atoms with van der Waals surface area (Å²) in [4.78, 5) is 27.4. The summed E-state index contributed by atoms with van der Waals surface area (Å²) in [5, 5.41) is 0. The maximum absolute atomic E-state index is 13.4. The van der Waals surface area contributed by atoms with E-state index in [0.717, 1.165) is 25.3 Å². The molecular formula is C18H20F4N2O2. The van der Waals surface area contributed by atoms with Crippen LogP contribution in [-0.4, -0.2) is 47.8 Å². The zero-order chi connectivity index (χ0) is 19.1. The van der Waals surface area contributed by atoms with E-state index >= 15 is 0 Å². The number of hydrogen-bond acceptors (Lipinski definition) is 2. The van der Waals surface area contributed by atoms with Crippen molar-refractivity contribution in [2.24, 2.45) is 5.41 Å². The molecule has 0 aromatic heterocycles. The van der Waals surface area contributed by atoms with Crippen LogP contribution in [0, 0.1) is 11.2 Å². The van der Waals surface area contributed by atoms with E-state index in [-0.39, 0.29) is 16.9 Å². The number of alkyl halides is 3. The highest BCUT2D eigenvalue weighted by Crippen LogP contribution is 2.41. The Kier molecular flexibility index (Phi) is 4.71. The molecule has 2 saturated heterocycles. The Bertz CT molecular complexity index is 724. The molecule has 1 spiro atoms. The lowest BCUT2D eigenvalue weighted by Crippen LogP contribution is -2.44. The highest BCUT2D eigenvalue weighted by Gasteiger charge is 2.43. The molecule has 3 rings (SSSR count). The molecule has 142 valence electrons. The molecule has 2 aliphatic rings. The summed E-state index contributed by atoms with van der Waals surface area (Å²) in [6, 6.07) is 2.37. The lowest BCUT2D eigenvalue weighted by atomic mass is 9.78. The predicted molar refractivity (Wildman–Crippen MR) is 85.8 cm³/mol. The van der Waals surface area contributed by atoms with Crippen LogP contribution in [0.3, 0.4) is 0 Å².